The lowest BCUT2D eigenvalue weighted by molar-refractivity contribution is -0.116. The Hall–Kier alpha value is -3.03. The van der Waals surface area contributed by atoms with Gasteiger partial charge in [-0.2, -0.15) is 5.26 Å². The largest absolute Gasteiger partial charge is 0.354 e. The van der Waals surface area contributed by atoms with Crippen molar-refractivity contribution in [1.29, 1.82) is 5.26 Å². The van der Waals surface area contributed by atoms with Crippen LogP contribution in [0.3, 0.4) is 0 Å². The number of piperazine rings is 1. The van der Waals surface area contributed by atoms with Gasteiger partial charge in [0.25, 0.3) is 0 Å². The van der Waals surface area contributed by atoms with Crippen molar-refractivity contribution in [3.8, 4) is 6.07 Å². The molecule has 9 nitrogen and oxygen atoms in total. The minimum absolute atomic E-state index is 0.184. The third-order valence-electron chi connectivity index (χ3n) is 4.50. The second-order valence-electron chi connectivity index (χ2n) is 6.68. The van der Waals surface area contributed by atoms with Gasteiger partial charge >= 0.3 is 0 Å². The van der Waals surface area contributed by atoms with Crippen LogP contribution in [0.1, 0.15) is 17.1 Å². The second kappa shape index (κ2) is 9.95. The number of nitrogens with one attached hydrogen (secondary N) is 2. The Kier molecular flexibility index (Phi) is 7.10. The van der Waals surface area contributed by atoms with Gasteiger partial charge in [-0.3, -0.25) is 4.79 Å². The van der Waals surface area contributed by atoms with Gasteiger partial charge in [-0.15, -0.1) is 0 Å². The maximum Gasteiger partial charge on any atom is 0.243 e. The number of hydrogen-bond acceptors (Lipinski definition) is 9. The number of anilines is 3. The Balaban J connectivity index is 1.74. The van der Waals surface area contributed by atoms with Gasteiger partial charge in [-0.05, 0) is 19.5 Å². The number of carbonyl (C=O) groups is 1. The molecule has 2 N–H and O–H groups in total. The monoisotopic (exact) mass is 412 g/mol. The van der Waals surface area contributed by atoms with E-state index in [0.717, 1.165) is 38.4 Å². The molecule has 2 aromatic rings. The maximum absolute atomic E-state index is 11.3. The van der Waals surface area contributed by atoms with Crippen LogP contribution in [-0.2, 0) is 11.2 Å². The number of nitriles is 1. The van der Waals surface area contributed by atoms with E-state index < -0.39 is 0 Å². The number of carbonyl (C=O) groups excluding carboxylic acids is 1. The van der Waals surface area contributed by atoms with E-state index in [1.807, 2.05) is 6.07 Å². The molecule has 1 aliphatic heterocycles. The smallest absolute Gasteiger partial charge is 0.243 e. The number of hydrogen-bond donors (Lipinski definition) is 2. The van der Waals surface area contributed by atoms with Crippen LogP contribution in [0.5, 0.6) is 0 Å². The Morgan fingerprint density at radius 3 is 2.86 bits per heavy atom. The molecule has 0 spiro atoms. The minimum atomic E-state index is -0.184. The number of rotatable bonds is 8. The first-order chi connectivity index (χ1) is 14.1. The van der Waals surface area contributed by atoms with Crippen molar-refractivity contribution < 1.29 is 4.79 Å². The van der Waals surface area contributed by atoms with Gasteiger partial charge < -0.3 is 20.4 Å². The summed E-state index contributed by atoms with van der Waals surface area (Å²) in [6, 6.07) is 4.01. The molecule has 0 atom stereocenters. The van der Waals surface area contributed by atoms with Gasteiger partial charge in [-0.25, -0.2) is 15.0 Å². The summed E-state index contributed by atoms with van der Waals surface area (Å²) < 4.78 is 0. The first-order valence-corrected chi connectivity index (χ1v) is 10.2. The highest BCUT2D eigenvalue weighted by atomic mass is 32.1. The zero-order valence-electron chi connectivity index (χ0n) is 16.4. The molecule has 0 saturated carbocycles. The number of likely N-dealkylation sites (N-methyl/N-ethyl adjacent to an activating group) is 1. The molecule has 0 aliphatic carbocycles. The molecule has 1 amide bonds. The Bertz CT molecular complexity index is 898. The number of amides is 1. The Morgan fingerprint density at radius 1 is 1.38 bits per heavy atom. The van der Waals surface area contributed by atoms with Crippen LogP contribution < -0.4 is 15.5 Å². The van der Waals surface area contributed by atoms with E-state index in [2.05, 4.69) is 50.1 Å². The van der Waals surface area contributed by atoms with E-state index in [9.17, 15) is 4.79 Å². The Labute approximate surface area is 174 Å². The molecule has 0 unspecified atom stereocenters. The molecular formula is C19H24N8OS. The molecule has 10 heteroatoms. The van der Waals surface area contributed by atoms with Crippen LogP contribution in [0.2, 0.25) is 0 Å². The minimum Gasteiger partial charge on any atom is -0.354 e. The van der Waals surface area contributed by atoms with E-state index in [4.69, 9.17) is 10.2 Å². The Morgan fingerprint density at radius 2 is 2.17 bits per heavy atom. The molecule has 0 bridgehead atoms. The zero-order valence-corrected chi connectivity index (χ0v) is 17.2. The first-order valence-electron chi connectivity index (χ1n) is 9.42. The highest BCUT2D eigenvalue weighted by Crippen LogP contribution is 2.24. The number of nitrogens with zero attached hydrogens (tertiary/aromatic N) is 6. The van der Waals surface area contributed by atoms with Crippen molar-refractivity contribution in [3.63, 3.8) is 0 Å². The molecular weight excluding hydrogens is 388 g/mol. The first kappa shape index (κ1) is 20.7. The summed E-state index contributed by atoms with van der Waals surface area (Å²) in [5.41, 5.74) is 0. The van der Waals surface area contributed by atoms with Gasteiger partial charge in [0.15, 0.2) is 5.13 Å². The molecule has 29 heavy (non-hydrogen) atoms. The van der Waals surface area contributed by atoms with Crippen molar-refractivity contribution >= 4 is 34.0 Å². The predicted molar refractivity (Wildman–Crippen MR) is 113 cm³/mol. The van der Waals surface area contributed by atoms with Crippen molar-refractivity contribution in [3.05, 3.63) is 35.6 Å². The van der Waals surface area contributed by atoms with E-state index in [1.54, 1.807) is 6.20 Å². The predicted octanol–water partition coefficient (Wildman–Crippen LogP) is 1.53. The number of aromatic nitrogens is 3. The molecule has 3 rings (SSSR count). The standard InChI is InChI=1S/C19H24N8OS/c1-3-18(28)21-6-4-5-15-23-16(25-19-22-13-14(12-20)29-19)11-17(24-15)27-9-7-26(2)8-10-27/h3,11,13H,1,4-10H2,2H3,(H,21,28)(H,22,23,24,25). The second-order valence-corrected chi connectivity index (χ2v) is 7.71. The summed E-state index contributed by atoms with van der Waals surface area (Å²) >= 11 is 1.28. The fraction of sp³-hybridized carbons (Fsp3) is 0.421. The van der Waals surface area contributed by atoms with Crippen molar-refractivity contribution in [2.45, 2.75) is 12.8 Å². The maximum atomic E-state index is 11.3. The summed E-state index contributed by atoms with van der Waals surface area (Å²) in [6.07, 6.45) is 4.16. The lowest BCUT2D eigenvalue weighted by atomic mass is 10.2. The number of thiazole rings is 1. The van der Waals surface area contributed by atoms with E-state index in [-0.39, 0.29) is 5.91 Å². The lowest BCUT2D eigenvalue weighted by Crippen LogP contribution is -2.44. The van der Waals surface area contributed by atoms with Gasteiger partial charge in [0.1, 0.15) is 28.4 Å². The molecule has 1 fully saturated rings. The highest BCUT2D eigenvalue weighted by Gasteiger charge is 2.17. The average molecular weight is 413 g/mol. The fourth-order valence-electron chi connectivity index (χ4n) is 2.88. The summed E-state index contributed by atoms with van der Waals surface area (Å²) in [6.45, 7) is 7.74. The van der Waals surface area contributed by atoms with E-state index in [0.29, 0.717) is 34.6 Å². The van der Waals surface area contributed by atoms with Gasteiger partial charge in [0, 0.05) is 45.2 Å². The molecule has 0 radical (unpaired) electrons. The molecule has 0 aromatic carbocycles. The van der Waals surface area contributed by atoms with E-state index >= 15 is 0 Å². The average Bonchev–Trinajstić information content (AvgIpc) is 3.19. The highest BCUT2D eigenvalue weighted by molar-refractivity contribution is 7.16. The van der Waals surface area contributed by atoms with Crippen molar-refractivity contribution in [1.82, 2.24) is 25.2 Å². The van der Waals surface area contributed by atoms with Crippen LogP contribution in [0.4, 0.5) is 16.8 Å². The van der Waals surface area contributed by atoms with Gasteiger partial charge in [-0.1, -0.05) is 17.9 Å². The van der Waals surface area contributed by atoms with Gasteiger partial charge in [0.05, 0.1) is 6.20 Å². The van der Waals surface area contributed by atoms with Crippen LogP contribution in [0.25, 0.3) is 0 Å². The summed E-state index contributed by atoms with van der Waals surface area (Å²) in [7, 11) is 2.11. The number of aryl methyl sites for hydroxylation is 1. The SMILES string of the molecule is C=CC(=O)NCCCc1nc(Nc2ncc(C#N)s2)cc(N2CCN(C)CC2)n1. The van der Waals surface area contributed by atoms with Gasteiger partial charge in [0.2, 0.25) is 5.91 Å². The summed E-state index contributed by atoms with van der Waals surface area (Å²) in [5.74, 6) is 2.04. The molecule has 1 saturated heterocycles. The zero-order chi connectivity index (χ0) is 20.6. The third-order valence-corrected chi connectivity index (χ3v) is 5.32. The molecule has 2 aromatic heterocycles. The van der Waals surface area contributed by atoms with Crippen LogP contribution in [-0.4, -0.2) is 65.5 Å². The normalized spacial score (nSPS) is 14.3. The summed E-state index contributed by atoms with van der Waals surface area (Å²) in [5, 5.41) is 15.6. The lowest BCUT2D eigenvalue weighted by Gasteiger charge is -2.33. The van der Waals surface area contributed by atoms with Crippen LogP contribution >= 0.6 is 11.3 Å². The molecule has 152 valence electrons. The quantitative estimate of drug-likeness (QED) is 0.496. The van der Waals surface area contributed by atoms with Crippen molar-refractivity contribution in [2.24, 2.45) is 0 Å². The molecule has 3 heterocycles. The fourth-order valence-corrected chi connectivity index (χ4v) is 3.50. The summed E-state index contributed by atoms with van der Waals surface area (Å²) in [4.78, 5) is 29.9. The van der Waals surface area contributed by atoms with E-state index in [1.165, 1.54) is 17.4 Å². The molecule has 1 aliphatic rings. The third kappa shape index (κ3) is 5.97. The van der Waals surface area contributed by atoms with Crippen LogP contribution in [0.15, 0.2) is 24.9 Å². The topological polar surface area (TPSA) is 110 Å². The van der Waals surface area contributed by atoms with Crippen LogP contribution in [0, 0.1) is 11.3 Å². The van der Waals surface area contributed by atoms with Crippen molar-refractivity contribution in [2.75, 3.05) is 50.0 Å².